The van der Waals surface area contributed by atoms with Crippen LogP contribution >= 0.6 is 0 Å². The van der Waals surface area contributed by atoms with Crippen LogP contribution in [0.3, 0.4) is 0 Å². The van der Waals surface area contributed by atoms with Gasteiger partial charge in [0.05, 0.1) is 43.9 Å². The number of hydrogen-bond donors (Lipinski definition) is 0. The van der Waals surface area contributed by atoms with Crippen molar-refractivity contribution in [3.63, 3.8) is 0 Å². The Balaban J connectivity index is 1.45. The van der Waals surface area contributed by atoms with Gasteiger partial charge in [0.2, 0.25) is 5.96 Å². The molecule has 34 heavy (non-hydrogen) atoms. The summed E-state index contributed by atoms with van der Waals surface area (Å²) in [6, 6.07) is 16.3. The Morgan fingerprint density at radius 2 is 1.94 bits per heavy atom. The molecule has 174 valence electrons. The minimum atomic E-state index is -3.20. The van der Waals surface area contributed by atoms with Gasteiger partial charge in [0, 0.05) is 19.6 Å². The van der Waals surface area contributed by atoms with Gasteiger partial charge in [-0.3, -0.25) is 19.6 Å². The van der Waals surface area contributed by atoms with E-state index in [0.29, 0.717) is 24.4 Å². The molecule has 0 bridgehead atoms. The number of carbonyl (C=O) groups is 1. The van der Waals surface area contributed by atoms with Gasteiger partial charge in [-0.05, 0) is 35.4 Å². The lowest BCUT2D eigenvalue weighted by atomic mass is 9.97. The number of ether oxygens (including phenoxy) is 1. The van der Waals surface area contributed by atoms with Gasteiger partial charge in [-0.15, -0.1) is 0 Å². The quantitative estimate of drug-likeness (QED) is 0.682. The highest BCUT2D eigenvalue weighted by molar-refractivity contribution is 6.10. The second-order valence-electron chi connectivity index (χ2n) is 8.56. The van der Waals surface area contributed by atoms with E-state index in [1.807, 2.05) is 12.1 Å². The predicted molar refractivity (Wildman–Crippen MR) is 121 cm³/mol. The Hall–Kier alpha value is -3.77. The zero-order chi connectivity index (χ0) is 23.9. The van der Waals surface area contributed by atoms with Gasteiger partial charge in [-0.25, -0.2) is 0 Å². The van der Waals surface area contributed by atoms with Crippen molar-refractivity contribution in [1.29, 1.82) is 5.26 Å². The normalized spacial score (nSPS) is 19.5. The van der Waals surface area contributed by atoms with Crippen molar-refractivity contribution in [2.24, 2.45) is 4.99 Å². The number of nitrogens with zero attached hydrogens (tertiary/aromatic N) is 5. The van der Waals surface area contributed by atoms with E-state index in [-0.39, 0.29) is 36.9 Å². The highest BCUT2D eigenvalue weighted by atomic mass is 19.3. The first-order valence-corrected chi connectivity index (χ1v) is 11.0. The lowest BCUT2D eigenvalue weighted by molar-refractivity contribution is -0.127. The molecule has 0 fully saturated rings. The molecule has 3 aliphatic rings. The third-order valence-electron chi connectivity index (χ3n) is 6.23. The summed E-state index contributed by atoms with van der Waals surface area (Å²) in [5.41, 5.74) is 1.95. The maximum absolute atomic E-state index is 15.5. The zero-order valence-corrected chi connectivity index (χ0v) is 18.7. The third kappa shape index (κ3) is 3.90. The fourth-order valence-corrected chi connectivity index (χ4v) is 4.76. The molecule has 2 aromatic rings. The molecule has 0 radical (unpaired) electrons. The number of hydrogen-bond acceptors (Lipinski definition) is 6. The Bertz CT molecular complexity index is 1230. The Labute approximate surface area is 196 Å². The van der Waals surface area contributed by atoms with Crippen molar-refractivity contribution >= 4 is 11.9 Å². The number of carbonyl (C=O) groups excluding carboxylic acids is 1. The van der Waals surface area contributed by atoms with Crippen LogP contribution < -0.4 is 4.74 Å². The minimum Gasteiger partial charge on any atom is -0.497 e. The Morgan fingerprint density at radius 3 is 2.68 bits per heavy atom. The molecule has 5 rings (SSSR count). The number of rotatable bonds is 5. The van der Waals surface area contributed by atoms with Crippen LogP contribution in [0, 0.1) is 11.3 Å². The predicted octanol–water partition coefficient (Wildman–Crippen LogP) is 2.99. The highest BCUT2D eigenvalue weighted by Gasteiger charge is 2.52. The maximum atomic E-state index is 15.5. The van der Waals surface area contributed by atoms with E-state index in [1.54, 1.807) is 48.4 Å². The van der Waals surface area contributed by atoms with Gasteiger partial charge < -0.3 is 9.64 Å². The Morgan fingerprint density at radius 1 is 1.15 bits per heavy atom. The van der Waals surface area contributed by atoms with Gasteiger partial charge in [0.15, 0.2) is 0 Å². The topological polar surface area (TPSA) is 72.2 Å². The highest BCUT2D eigenvalue weighted by Crippen LogP contribution is 2.40. The zero-order valence-electron chi connectivity index (χ0n) is 18.7. The summed E-state index contributed by atoms with van der Waals surface area (Å²) in [5, 5.41) is 9.14. The lowest BCUT2D eigenvalue weighted by Crippen LogP contribution is -2.59. The summed E-state index contributed by atoms with van der Waals surface area (Å²) in [6.07, 6.45) is 0. The van der Waals surface area contributed by atoms with Gasteiger partial charge in [-0.1, -0.05) is 24.3 Å². The van der Waals surface area contributed by atoms with Crippen LogP contribution in [0.4, 0.5) is 8.78 Å². The largest absolute Gasteiger partial charge is 0.497 e. The molecule has 0 atom stereocenters. The summed E-state index contributed by atoms with van der Waals surface area (Å²) in [5.74, 6) is -2.67. The van der Waals surface area contributed by atoms with Gasteiger partial charge in [0.25, 0.3) is 5.91 Å². The molecule has 3 heterocycles. The van der Waals surface area contributed by atoms with Crippen LogP contribution in [-0.4, -0.2) is 65.8 Å². The summed E-state index contributed by atoms with van der Waals surface area (Å²) in [6.45, 7) is 0.723. The fraction of sp³-hybridized carbons (Fsp3) is 0.320. The number of benzene rings is 2. The van der Waals surface area contributed by atoms with Gasteiger partial charge >= 0.3 is 5.92 Å². The number of guanidine groups is 1. The molecule has 9 heteroatoms. The molecule has 0 spiro atoms. The third-order valence-corrected chi connectivity index (χ3v) is 6.23. The minimum absolute atomic E-state index is 0.0991. The SMILES string of the molecule is COc1ccc(CN2C(=O)C3=C(N4CCN=C24)C(F)(F)CN(Cc2cccc(C#N)c2)C3)cc1. The van der Waals surface area contributed by atoms with Crippen molar-refractivity contribution < 1.29 is 18.3 Å². The van der Waals surface area contributed by atoms with Crippen LogP contribution in [-0.2, 0) is 17.9 Å². The number of halogens is 2. The molecule has 0 N–H and O–H groups in total. The lowest BCUT2D eigenvalue weighted by Gasteiger charge is -2.45. The van der Waals surface area contributed by atoms with E-state index >= 15 is 8.78 Å². The molecular weight excluding hydrogens is 440 g/mol. The fourth-order valence-electron chi connectivity index (χ4n) is 4.76. The molecule has 7 nitrogen and oxygen atoms in total. The van der Waals surface area contributed by atoms with E-state index in [1.165, 1.54) is 9.80 Å². The first kappa shape index (κ1) is 22.0. The van der Waals surface area contributed by atoms with Crippen molar-refractivity contribution in [3.8, 4) is 11.8 Å². The number of methoxy groups -OCH3 is 1. The van der Waals surface area contributed by atoms with Gasteiger partial charge in [0.1, 0.15) is 11.4 Å². The molecule has 0 unspecified atom stereocenters. The van der Waals surface area contributed by atoms with Crippen molar-refractivity contribution in [2.45, 2.75) is 19.0 Å². The second-order valence-corrected chi connectivity index (χ2v) is 8.56. The van der Waals surface area contributed by atoms with Crippen LogP contribution in [0.15, 0.2) is 64.8 Å². The smallest absolute Gasteiger partial charge is 0.300 e. The summed E-state index contributed by atoms with van der Waals surface area (Å²) in [4.78, 5) is 22.5. The second kappa shape index (κ2) is 8.54. The first-order chi connectivity index (χ1) is 16.4. The van der Waals surface area contributed by atoms with E-state index in [2.05, 4.69) is 11.1 Å². The average Bonchev–Trinajstić information content (AvgIpc) is 3.30. The molecular formula is C25H23F2N5O2. The van der Waals surface area contributed by atoms with Crippen molar-refractivity contribution in [2.75, 3.05) is 33.3 Å². The summed E-state index contributed by atoms with van der Waals surface area (Å²) < 4.78 is 36.1. The molecule has 0 aliphatic carbocycles. The summed E-state index contributed by atoms with van der Waals surface area (Å²) in [7, 11) is 1.58. The molecule has 0 saturated carbocycles. The molecule has 1 amide bonds. The molecule has 0 saturated heterocycles. The standard InChI is InChI=1S/C25H23F2N5O2/c1-34-20-7-5-17(6-8-20)14-32-23(33)21-15-30(13-19-4-2-3-18(11-19)12-28)16-25(26,27)22(21)31-10-9-29-24(31)32/h2-8,11H,9-10,13-16H2,1H3. The number of aliphatic imine (C=N–C) groups is 1. The van der Waals surface area contributed by atoms with E-state index in [9.17, 15) is 4.79 Å². The summed E-state index contributed by atoms with van der Waals surface area (Å²) >= 11 is 0. The Kier molecular flexibility index (Phi) is 5.54. The molecule has 0 aromatic heterocycles. The van der Waals surface area contributed by atoms with Gasteiger partial charge in [-0.2, -0.15) is 14.0 Å². The number of nitriles is 1. The van der Waals surface area contributed by atoms with Crippen LogP contribution in [0.2, 0.25) is 0 Å². The number of fused-ring (bicyclic) bond motifs is 2. The van der Waals surface area contributed by atoms with Crippen LogP contribution in [0.5, 0.6) is 5.75 Å². The van der Waals surface area contributed by atoms with Crippen LogP contribution in [0.25, 0.3) is 0 Å². The van der Waals surface area contributed by atoms with Crippen LogP contribution in [0.1, 0.15) is 16.7 Å². The monoisotopic (exact) mass is 463 g/mol. The maximum Gasteiger partial charge on any atom is 0.300 e. The van der Waals surface area contributed by atoms with Crippen molar-refractivity contribution in [3.05, 3.63) is 76.5 Å². The average molecular weight is 463 g/mol. The van der Waals surface area contributed by atoms with E-state index in [4.69, 9.17) is 10.00 Å². The van der Waals surface area contributed by atoms with E-state index < -0.39 is 18.4 Å². The van der Waals surface area contributed by atoms with Crippen molar-refractivity contribution in [1.82, 2.24) is 14.7 Å². The first-order valence-electron chi connectivity index (χ1n) is 11.0. The van der Waals surface area contributed by atoms with E-state index in [0.717, 1.165) is 11.1 Å². The number of amides is 1. The molecule has 3 aliphatic heterocycles. The molecule has 2 aromatic carbocycles. The number of alkyl halides is 2.